The molecule has 0 aliphatic carbocycles. The summed E-state index contributed by atoms with van der Waals surface area (Å²) in [6.45, 7) is 8.73. The second-order valence-corrected chi connectivity index (χ2v) is 7.59. The zero-order chi connectivity index (χ0) is 20.2. The summed E-state index contributed by atoms with van der Waals surface area (Å²) in [7, 11) is 0. The molecule has 0 saturated carbocycles. The Bertz CT molecular complexity index is 960. The molecule has 0 amide bonds. The molecule has 0 spiro atoms. The Hall–Kier alpha value is -2.99. The molecule has 6 heteroatoms. The smallest absolute Gasteiger partial charge is 0.225 e. The van der Waals surface area contributed by atoms with E-state index in [1.807, 2.05) is 25.1 Å². The molecule has 0 N–H and O–H groups in total. The summed E-state index contributed by atoms with van der Waals surface area (Å²) in [4.78, 5) is 26.1. The van der Waals surface area contributed by atoms with E-state index in [1.165, 1.54) is 5.56 Å². The van der Waals surface area contributed by atoms with Crippen LogP contribution in [0.3, 0.4) is 0 Å². The van der Waals surface area contributed by atoms with Crippen LogP contribution in [0.2, 0.25) is 0 Å². The average Bonchev–Trinajstić information content (AvgIpc) is 3.04. The van der Waals surface area contributed by atoms with E-state index in [-0.39, 0.29) is 5.78 Å². The molecule has 3 aromatic rings. The predicted octanol–water partition coefficient (Wildman–Crippen LogP) is 2.95. The van der Waals surface area contributed by atoms with Gasteiger partial charge in [-0.05, 0) is 31.5 Å². The lowest BCUT2D eigenvalue weighted by Gasteiger charge is -2.34. The maximum Gasteiger partial charge on any atom is 0.225 e. The molecular weight excluding hydrogens is 362 g/mol. The number of piperazine rings is 1. The minimum atomic E-state index is 0.196. The van der Waals surface area contributed by atoms with Gasteiger partial charge in [-0.15, -0.1) is 0 Å². The summed E-state index contributed by atoms with van der Waals surface area (Å²) >= 11 is 0. The van der Waals surface area contributed by atoms with Gasteiger partial charge in [-0.2, -0.15) is 0 Å². The lowest BCUT2D eigenvalue weighted by molar-refractivity contribution is 0.0925. The first-order chi connectivity index (χ1) is 14.1. The third-order valence-corrected chi connectivity index (χ3v) is 5.63. The van der Waals surface area contributed by atoms with Crippen molar-refractivity contribution in [3.63, 3.8) is 0 Å². The molecule has 29 heavy (non-hydrogen) atoms. The Kier molecular flexibility index (Phi) is 5.71. The van der Waals surface area contributed by atoms with Gasteiger partial charge in [0, 0.05) is 62.1 Å². The summed E-state index contributed by atoms with van der Waals surface area (Å²) < 4.78 is 2.23. The minimum absolute atomic E-state index is 0.196. The Balaban J connectivity index is 1.39. The molecule has 1 aliphatic heterocycles. The normalized spacial score (nSPS) is 14.9. The number of hydrogen-bond donors (Lipinski definition) is 0. The van der Waals surface area contributed by atoms with Gasteiger partial charge in [-0.25, -0.2) is 9.97 Å². The van der Waals surface area contributed by atoms with Gasteiger partial charge in [0.1, 0.15) is 0 Å². The largest absolute Gasteiger partial charge is 0.344 e. The van der Waals surface area contributed by atoms with Crippen LogP contribution in [0.15, 0.2) is 54.9 Å². The molecule has 0 atom stereocenters. The number of Topliss-reactive ketones (excluding diaryl/α,β-unsaturated/α-hetero) is 1. The van der Waals surface area contributed by atoms with Crippen molar-refractivity contribution >= 4 is 11.7 Å². The van der Waals surface area contributed by atoms with E-state index in [0.717, 1.165) is 55.6 Å². The summed E-state index contributed by atoms with van der Waals surface area (Å²) in [5.74, 6) is 0.963. The van der Waals surface area contributed by atoms with Crippen LogP contribution in [0.5, 0.6) is 0 Å². The van der Waals surface area contributed by atoms with E-state index in [1.54, 1.807) is 12.4 Å². The lowest BCUT2D eigenvalue weighted by Crippen LogP contribution is -2.48. The summed E-state index contributed by atoms with van der Waals surface area (Å²) in [6.07, 6.45) is 3.53. The number of hydrogen-bond acceptors (Lipinski definition) is 5. The van der Waals surface area contributed by atoms with E-state index >= 15 is 0 Å². The highest BCUT2D eigenvalue weighted by molar-refractivity contribution is 5.99. The fourth-order valence-corrected chi connectivity index (χ4v) is 3.94. The van der Waals surface area contributed by atoms with Crippen molar-refractivity contribution in [3.05, 3.63) is 77.4 Å². The zero-order valence-corrected chi connectivity index (χ0v) is 17.1. The van der Waals surface area contributed by atoms with Crippen molar-refractivity contribution in [2.24, 2.45) is 0 Å². The number of rotatable bonds is 6. The molecule has 1 aliphatic rings. The predicted molar refractivity (Wildman–Crippen MR) is 114 cm³/mol. The quantitative estimate of drug-likeness (QED) is 0.607. The number of benzene rings is 1. The molecule has 3 heterocycles. The van der Waals surface area contributed by atoms with E-state index in [0.29, 0.717) is 6.54 Å². The Morgan fingerprint density at radius 2 is 1.66 bits per heavy atom. The number of anilines is 1. The number of ketones is 1. The summed E-state index contributed by atoms with van der Waals surface area (Å²) in [6, 6.07) is 14.2. The molecule has 0 bridgehead atoms. The Morgan fingerprint density at radius 1 is 0.966 bits per heavy atom. The molecule has 1 fully saturated rings. The topological polar surface area (TPSA) is 54.3 Å². The molecular formula is C23H27N5O. The van der Waals surface area contributed by atoms with Gasteiger partial charge in [0.2, 0.25) is 5.95 Å². The van der Waals surface area contributed by atoms with Crippen LogP contribution in [0.25, 0.3) is 0 Å². The number of carbonyl (C=O) groups excluding carboxylic acids is 1. The van der Waals surface area contributed by atoms with Crippen LogP contribution in [0.1, 0.15) is 27.3 Å². The van der Waals surface area contributed by atoms with Gasteiger partial charge in [0.15, 0.2) is 5.78 Å². The highest BCUT2D eigenvalue weighted by Gasteiger charge is 2.23. The van der Waals surface area contributed by atoms with Gasteiger partial charge in [-0.1, -0.05) is 30.3 Å². The van der Waals surface area contributed by atoms with E-state index in [4.69, 9.17) is 0 Å². The third kappa shape index (κ3) is 4.38. The second-order valence-electron chi connectivity index (χ2n) is 7.59. The lowest BCUT2D eigenvalue weighted by atomic mass is 10.1. The number of carbonyl (C=O) groups is 1. The highest BCUT2D eigenvalue weighted by atomic mass is 16.1. The molecule has 1 aromatic carbocycles. The monoisotopic (exact) mass is 389 g/mol. The summed E-state index contributed by atoms with van der Waals surface area (Å²) in [5.41, 5.74) is 4.26. The minimum Gasteiger partial charge on any atom is -0.344 e. The molecule has 4 rings (SSSR count). The molecule has 0 unspecified atom stereocenters. The van der Waals surface area contributed by atoms with Crippen molar-refractivity contribution in [2.45, 2.75) is 20.4 Å². The SMILES string of the molecule is Cc1cc(C(=O)CN2CCN(c3ncccn3)CC2)c(C)n1Cc1ccccc1. The van der Waals surface area contributed by atoms with Gasteiger partial charge in [-0.3, -0.25) is 9.69 Å². The highest BCUT2D eigenvalue weighted by Crippen LogP contribution is 2.19. The van der Waals surface area contributed by atoms with E-state index in [2.05, 4.69) is 55.5 Å². The molecule has 0 radical (unpaired) electrons. The summed E-state index contributed by atoms with van der Waals surface area (Å²) in [5, 5.41) is 0. The Labute approximate surface area is 171 Å². The fourth-order valence-electron chi connectivity index (χ4n) is 3.94. The maximum absolute atomic E-state index is 13.0. The van der Waals surface area contributed by atoms with E-state index in [9.17, 15) is 4.79 Å². The number of aryl methyl sites for hydroxylation is 1. The molecule has 150 valence electrons. The van der Waals surface area contributed by atoms with Crippen LogP contribution in [0.4, 0.5) is 5.95 Å². The van der Waals surface area contributed by atoms with Gasteiger partial charge in [0.25, 0.3) is 0 Å². The number of nitrogens with zero attached hydrogens (tertiary/aromatic N) is 5. The first kappa shape index (κ1) is 19.3. The Morgan fingerprint density at radius 3 is 2.34 bits per heavy atom. The van der Waals surface area contributed by atoms with Crippen molar-refractivity contribution in [2.75, 3.05) is 37.6 Å². The second kappa shape index (κ2) is 8.57. The third-order valence-electron chi connectivity index (χ3n) is 5.63. The van der Waals surface area contributed by atoms with Gasteiger partial charge < -0.3 is 9.47 Å². The van der Waals surface area contributed by atoms with Crippen LogP contribution in [-0.4, -0.2) is 57.9 Å². The van der Waals surface area contributed by atoms with Crippen LogP contribution in [-0.2, 0) is 6.54 Å². The standard InChI is InChI=1S/C23H27N5O/c1-18-15-21(19(2)28(18)16-20-7-4-3-5-8-20)22(29)17-26-11-13-27(14-12-26)23-24-9-6-10-25-23/h3-10,15H,11-14,16-17H2,1-2H3. The first-order valence-electron chi connectivity index (χ1n) is 10.1. The van der Waals surface area contributed by atoms with Crippen molar-refractivity contribution in [1.29, 1.82) is 0 Å². The van der Waals surface area contributed by atoms with Gasteiger partial charge >= 0.3 is 0 Å². The van der Waals surface area contributed by atoms with Crippen molar-refractivity contribution < 1.29 is 4.79 Å². The fraction of sp³-hybridized carbons (Fsp3) is 0.348. The van der Waals surface area contributed by atoms with Crippen LogP contribution >= 0.6 is 0 Å². The molecule has 1 saturated heterocycles. The van der Waals surface area contributed by atoms with E-state index < -0.39 is 0 Å². The van der Waals surface area contributed by atoms with Crippen LogP contribution < -0.4 is 4.90 Å². The van der Waals surface area contributed by atoms with Gasteiger partial charge in [0.05, 0.1) is 6.54 Å². The average molecular weight is 390 g/mol. The maximum atomic E-state index is 13.0. The first-order valence-corrected chi connectivity index (χ1v) is 10.1. The zero-order valence-electron chi connectivity index (χ0n) is 17.1. The van der Waals surface area contributed by atoms with Crippen molar-refractivity contribution in [1.82, 2.24) is 19.4 Å². The number of aromatic nitrogens is 3. The molecule has 6 nitrogen and oxygen atoms in total. The van der Waals surface area contributed by atoms with Crippen LogP contribution in [0, 0.1) is 13.8 Å². The van der Waals surface area contributed by atoms with Crippen molar-refractivity contribution in [3.8, 4) is 0 Å². The molecule has 2 aromatic heterocycles.